The predicted molar refractivity (Wildman–Crippen MR) is 226 cm³/mol. The molecule has 3 aliphatic rings. The average Bonchev–Trinajstić information content (AvgIpc) is 3.84. The molecule has 2 aromatic carbocycles. The number of benzene rings is 2. The molecule has 8 aromatic rings. The first-order valence-corrected chi connectivity index (χ1v) is 21.5. The van der Waals surface area contributed by atoms with Crippen LogP contribution in [0.4, 0.5) is 8.78 Å². The van der Waals surface area contributed by atoms with Gasteiger partial charge in [-0.25, -0.2) is 23.1 Å². The molecule has 1 saturated carbocycles. The Hall–Kier alpha value is -6.40. The number of amides is 1. The van der Waals surface area contributed by atoms with Crippen LogP contribution >= 0.6 is 11.3 Å². The molecule has 318 valence electrons. The second-order valence-electron chi connectivity index (χ2n) is 17.5. The molecule has 1 N–H and O–H groups in total. The van der Waals surface area contributed by atoms with Gasteiger partial charge in [0.25, 0.3) is 5.91 Å². The van der Waals surface area contributed by atoms with Crippen LogP contribution in [0, 0.1) is 25.5 Å². The summed E-state index contributed by atoms with van der Waals surface area (Å²) in [4.78, 5) is 47.6. The van der Waals surface area contributed by atoms with E-state index in [9.17, 15) is 9.59 Å². The first kappa shape index (κ1) is 38.5. The molecule has 2 aliphatic heterocycles. The lowest BCUT2D eigenvalue weighted by Crippen LogP contribution is -2.38. The van der Waals surface area contributed by atoms with Crippen LogP contribution in [0.5, 0.6) is 0 Å². The number of carbonyl (C=O) groups is 1. The van der Waals surface area contributed by atoms with Gasteiger partial charge in [-0.05, 0) is 107 Å². The van der Waals surface area contributed by atoms with Crippen molar-refractivity contribution in [3.8, 4) is 17.2 Å². The Bertz CT molecular complexity index is 3260. The highest BCUT2D eigenvalue weighted by atomic mass is 32.1. The van der Waals surface area contributed by atoms with Crippen molar-refractivity contribution in [2.45, 2.75) is 83.4 Å². The lowest BCUT2D eigenvalue weighted by atomic mass is 9.87. The summed E-state index contributed by atoms with van der Waals surface area (Å²) in [7, 11) is 1.72. The summed E-state index contributed by atoms with van der Waals surface area (Å²) >= 11 is 1.67. The number of carbonyl (C=O) groups excluding carboxylic acids is 1. The zero-order valence-electron chi connectivity index (χ0n) is 34.7. The molecule has 18 heteroatoms. The van der Waals surface area contributed by atoms with Gasteiger partial charge in [-0.3, -0.25) is 28.1 Å². The summed E-state index contributed by atoms with van der Waals surface area (Å²) in [6.45, 7) is 8.64. The Labute approximate surface area is 355 Å². The van der Waals surface area contributed by atoms with Crippen molar-refractivity contribution in [2.24, 2.45) is 7.05 Å². The molecule has 62 heavy (non-hydrogen) atoms. The predicted octanol–water partition coefficient (Wildman–Crippen LogP) is 6.70. The molecule has 2 fully saturated rings. The number of hydrogen-bond donors (Lipinski definition) is 1. The molecule has 1 aliphatic carbocycles. The van der Waals surface area contributed by atoms with Crippen LogP contribution in [-0.2, 0) is 30.3 Å². The number of nitrogens with one attached hydrogen (secondary N) is 1. The third-order valence-corrected chi connectivity index (χ3v) is 14.2. The largest absolute Gasteiger partial charge is 0.438 e. The molecule has 11 rings (SSSR count). The molecule has 1 saturated heterocycles. The molecule has 6 aromatic heterocycles. The number of ether oxygens (including phenoxy) is 1. The minimum Gasteiger partial charge on any atom is -0.376 e. The van der Waals surface area contributed by atoms with Gasteiger partial charge in [0, 0.05) is 49.5 Å². The van der Waals surface area contributed by atoms with E-state index in [2.05, 4.69) is 35.2 Å². The molecule has 0 bridgehead atoms. The van der Waals surface area contributed by atoms with E-state index in [1.807, 2.05) is 10.6 Å². The van der Waals surface area contributed by atoms with Crippen molar-refractivity contribution in [1.29, 1.82) is 0 Å². The van der Waals surface area contributed by atoms with Gasteiger partial charge in [-0.1, -0.05) is 5.16 Å². The van der Waals surface area contributed by atoms with E-state index in [1.165, 1.54) is 26.4 Å². The Morgan fingerprint density at radius 3 is 2.50 bits per heavy atom. The van der Waals surface area contributed by atoms with E-state index < -0.39 is 22.8 Å². The van der Waals surface area contributed by atoms with Crippen LogP contribution in [0.1, 0.15) is 89.0 Å². The standard InChI is InChI=1S/C44H42F2N10O5S/c1-23-16-26(17-24(2)36(23)45)56-38(54-14-13-53(42(54)59)31-7-6-30-27(37(31)46)21-47-51(30)5)28-22-52(12-8-29(28)49-56)39(57)33-19-35-32(18-34(62-35)25-9-15-60-43(3,4)20-25)55(33)44(10-11-44)40-48-41(58)61-50-40/h6-7,13-14,16-19,21,25H,8-12,15,20,22H2,1-5H3,(H,48,50,58)/t25-/m0/s1. The fourth-order valence-electron chi connectivity index (χ4n) is 9.68. The van der Waals surface area contributed by atoms with Crippen molar-refractivity contribution in [3.63, 3.8) is 0 Å². The number of H-pyrrole nitrogens is 1. The Balaban J connectivity index is 1.03. The maximum Gasteiger partial charge on any atom is 0.438 e. The van der Waals surface area contributed by atoms with Gasteiger partial charge < -0.3 is 14.2 Å². The molecular weight excluding hydrogens is 819 g/mol. The van der Waals surface area contributed by atoms with Crippen LogP contribution in [0.3, 0.4) is 0 Å². The number of aromatic amines is 1. The number of nitrogens with zero attached hydrogens (tertiary/aromatic N) is 9. The van der Waals surface area contributed by atoms with Crippen molar-refractivity contribution in [1.82, 2.24) is 48.3 Å². The van der Waals surface area contributed by atoms with Crippen molar-refractivity contribution in [2.75, 3.05) is 13.2 Å². The highest BCUT2D eigenvalue weighted by molar-refractivity contribution is 7.19. The normalized spacial score (nSPS) is 18.2. The highest BCUT2D eigenvalue weighted by Gasteiger charge is 2.52. The van der Waals surface area contributed by atoms with E-state index >= 15 is 13.6 Å². The quantitative estimate of drug-likeness (QED) is 0.186. The zero-order valence-corrected chi connectivity index (χ0v) is 35.5. The number of hydrogen-bond acceptors (Lipinski definition) is 9. The molecule has 1 atom stereocenters. The van der Waals surface area contributed by atoms with Gasteiger partial charge >= 0.3 is 11.4 Å². The third kappa shape index (κ3) is 5.82. The van der Waals surface area contributed by atoms with Crippen LogP contribution in [0.25, 0.3) is 38.3 Å². The van der Waals surface area contributed by atoms with Gasteiger partial charge in [0.2, 0.25) is 0 Å². The lowest BCUT2D eigenvalue weighted by Gasteiger charge is -2.35. The Kier molecular flexibility index (Phi) is 8.42. The number of rotatable bonds is 7. The van der Waals surface area contributed by atoms with Crippen molar-refractivity contribution >= 4 is 38.4 Å². The number of aryl methyl sites for hydroxylation is 3. The van der Waals surface area contributed by atoms with Crippen LogP contribution in [0.15, 0.2) is 69.1 Å². The second kappa shape index (κ2) is 13.5. The number of thiophene rings is 1. The SMILES string of the molecule is Cc1cc(-n2nc3c(c2-n2ccn(-c4ccc5c(cnn5C)c4F)c2=O)CN(C(=O)c2cc4sc([C@H]5CCOC(C)(C)C5)cc4n2C2(c4noc(=O)[nH]4)CC2)CC3)cc(C)c1F. The fourth-order valence-corrected chi connectivity index (χ4v) is 10.9. The Morgan fingerprint density at radius 1 is 1.00 bits per heavy atom. The molecule has 1 amide bonds. The maximum atomic E-state index is 16.0. The summed E-state index contributed by atoms with van der Waals surface area (Å²) in [5.41, 5.74) is 2.98. The molecule has 0 spiro atoms. The third-order valence-electron chi connectivity index (χ3n) is 12.9. The maximum absolute atomic E-state index is 16.0. The highest BCUT2D eigenvalue weighted by Crippen LogP contribution is 2.52. The molecule has 0 radical (unpaired) electrons. The number of imidazole rings is 1. The minimum atomic E-state index is -0.786. The summed E-state index contributed by atoms with van der Waals surface area (Å²) in [6.07, 6.45) is 7.88. The van der Waals surface area contributed by atoms with Crippen LogP contribution in [-0.4, -0.2) is 73.0 Å². The van der Waals surface area contributed by atoms with Gasteiger partial charge in [-0.2, -0.15) is 10.2 Å². The zero-order chi connectivity index (χ0) is 43.0. The number of fused-ring (bicyclic) bond motifs is 3. The van der Waals surface area contributed by atoms with E-state index in [4.69, 9.17) is 14.4 Å². The van der Waals surface area contributed by atoms with Gasteiger partial charge in [0.15, 0.2) is 11.6 Å². The first-order chi connectivity index (χ1) is 29.7. The van der Waals surface area contributed by atoms with Crippen LogP contribution < -0.4 is 11.4 Å². The molecule has 0 unspecified atom stereocenters. The van der Waals surface area contributed by atoms with Gasteiger partial charge in [0.1, 0.15) is 22.9 Å². The Morgan fingerprint density at radius 2 is 1.77 bits per heavy atom. The topological polar surface area (TPSA) is 156 Å². The molecular formula is C44H42F2N10O5S. The molecule has 8 heterocycles. The summed E-state index contributed by atoms with van der Waals surface area (Å²) < 4.78 is 50.8. The van der Waals surface area contributed by atoms with E-state index in [0.717, 1.165) is 23.1 Å². The van der Waals surface area contributed by atoms with Crippen molar-refractivity contribution < 1.29 is 22.8 Å². The van der Waals surface area contributed by atoms with E-state index in [1.54, 1.807) is 77.0 Å². The smallest absolute Gasteiger partial charge is 0.376 e. The average molecular weight is 861 g/mol. The van der Waals surface area contributed by atoms with E-state index in [0.29, 0.717) is 89.3 Å². The van der Waals surface area contributed by atoms with E-state index in [-0.39, 0.29) is 34.9 Å². The van der Waals surface area contributed by atoms with Crippen LogP contribution in [0.2, 0.25) is 0 Å². The first-order valence-electron chi connectivity index (χ1n) is 20.7. The summed E-state index contributed by atoms with van der Waals surface area (Å²) in [6, 6.07) is 10.7. The monoisotopic (exact) mass is 860 g/mol. The second-order valence-corrected chi connectivity index (χ2v) is 18.6. The van der Waals surface area contributed by atoms with Crippen molar-refractivity contribution in [3.05, 3.63) is 126 Å². The fraction of sp³-hybridized carbons (Fsp3) is 0.364. The number of aromatic nitrogens is 9. The number of halogens is 2. The summed E-state index contributed by atoms with van der Waals surface area (Å²) in [5, 5.41) is 13.6. The van der Waals surface area contributed by atoms with Gasteiger partial charge in [-0.15, -0.1) is 11.3 Å². The lowest BCUT2D eigenvalue weighted by molar-refractivity contribution is -0.0588. The minimum absolute atomic E-state index is 0.0475. The summed E-state index contributed by atoms with van der Waals surface area (Å²) in [5.74, 6) is -0.829. The molecule has 15 nitrogen and oxygen atoms in total. The van der Waals surface area contributed by atoms with Gasteiger partial charge in [0.05, 0.1) is 56.5 Å².